The first-order chi connectivity index (χ1) is 11.5. The SMILES string of the molecule is CC(C)(CC(=O)NCCNC(=O)c1ccccc1)c1ccccc1. The van der Waals surface area contributed by atoms with Crippen LogP contribution < -0.4 is 10.6 Å². The molecule has 0 saturated heterocycles. The molecule has 4 nitrogen and oxygen atoms in total. The van der Waals surface area contributed by atoms with E-state index in [1.807, 2.05) is 48.5 Å². The van der Waals surface area contributed by atoms with Gasteiger partial charge in [-0.3, -0.25) is 9.59 Å². The third-order valence-electron chi connectivity index (χ3n) is 3.93. The monoisotopic (exact) mass is 324 g/mol. The molecule has 0 spiro atoms. The Morgan fingerprint density at radius 3 is 2.00 bits per heavy atom. The molecule has 0 saturated carbocycles. The van der Waals surface area contributed by atoms with Crippen LogP contribution in [0.5, 0.6) is 0 Å². The lowest BCUT2D eigenvalue weighted by Crippen LogP contribution is -2.37. The Hall–Kier alpha value is -2.62. The average Bonchev–Trinajstić information content (AvgIpc) is 2.59. The maximum absolute atomic E-state index is 12.1. The Kier molecular flexibility index (Phi) is 6.13. The van der Waals surface area contributed by atoms with Gasteiger partial charge in [-0.05, 0) is 23.1 Å². The lowest BCUT2D eigenvalue weighted by Gasteiger charge is -2.24. The molecule has 0 radical (unpaired) electrons. The van der Waals surface area contributed by atoms with Crippen LogP contribution in [0, 0.1) is 0 Å². The van der Waals surface area contributed by atoms with Gasteiger partial charge in [-0.1, -0.05) is 62.4 Å². The van der Waals surface area contributed by atoms with Crippen LogP contribution in [-0.4, -0.2) is 24.9 Å². The van der Waals surface area contributed by atoms with E-state index in [4.69, 9.17) is 0 Å². The number of benzene rings is 2. The largest absolute Gasteiger partial charge is 0.354 e. The first-order valence-corrected chi connectivity index (χ1v) is 8.14. The minimum Gasteiger partial charge on any atom is -0.354 e. The molecule has 24 heavy (non-hydrogen) atoms. The maximum Gasteiger partial charge on any atom is 0.251 e. The number of amides is 2. The van der Waals surface area contributed by atoms with Crippen LogP contribution in [0.15, 0.2) is 60.7 Å². The van der Waals surface area contributed by atoms with Crippen molar-refractivity contribution in [2.24, 2.45) is 0 Å². The van der Waals surface area contributed by atoms with Crippen molar-refractivity contribution in [3.8, 4) is 0 Å². The molecule has 0 bridgehead atoms. The number of nitrogens with one attached hydrogen (secondary N) is 2. The summed E-state index contributed by atoms with van der Waals surface area (Å²) in [4.78, 5) is 24.0. The van der Waals surface area contributed by atoms with E-state index in [0.29, 0.717) is 25.1 Å². The van der Waals surface area contributed by atoms with Crippen molar-refractivity contribution >= 4 is 11.8 Å². The minimum atomic E-state index is -0.224. The summed E-state index contributed by atoms with van der Waals surface area (Å²) in [5.74, 6) is -0.146. The molecule has 0 atom stereocenters. The Morgan fingerprint density at radius 1 is 0.833 bits per heavy atom. The summed E-state index contributed by atoms with van der Waals surface area (Å²) in [6.07, 6.45) is 0.406. The van der Waals surface area contributed by atoms with Crippen molar-refractivity contribution in [3.63, 3.8) is 0 Å². The van der Waals surface area contributed by atoms with Gasteiger partial charge in [-0.25, -0.2) is 0 Å². The summed E-state index contributed by atoms with van der Waals surface area (Å²) in [5.41, 5.74) is 1.53. The minimum absolute atomic E-state index is 0.0159. The zero-order chi connectivity index (χ0) is 17.4. The second kappa shape index (κ2) is 8.29. The van der Waals surface area contributed by atoms with Gasteiger partial charge in [0.25, 0.3) is 5.91 Å². The fourth-order valence-corrected chi connectivity index (χ4v) is 2.52. The van der Waals surface area contributed by atoms with Crippen molar-refractivity contribution in [1.82, 2.24) is 10.6 Å². The van der Waals surface area contributed by atoms with E-state index in [-0.39, 0.29) is 17.2 Å². The van der Waals surface area contributed by atoms with E-state index >= 15 is 0 Å². The predicted octanol–water partition coefficient (Wildman–Crippen LogP) is 2.90. The van der Waals surface area contributed by atoms with Gasteiger partial charge >= 0.3 is 0 Å². The van der Waals surface area contributed by atoms with Crippen LogP contribution in [0.4, 0.5) is 0 Å². The van der Waals surface area contributed by atoms with E-state index in [1.165, 1.54) is 0 Å². The summed E-state index contributed by atoms with van der Waals surface area (Å²) in [6.45, 7) is 4.94. The molecule has 0 aromatic heterocycles. The molecular formula is C20H24N2O2. The maximum atomic E-state index is 12.1. The fraction of sp³-hybridized carbons (Fsp3) is 0.300. The van der Waals surface area contributed by atoms with Gasteiger partial charge in [0, 0.05) is 25.1 Å². The molecule has 126 valence electrons. The third kappa shape index (κ3) is 5.23. The summed E-state index contributed by atoms with van der Waals surface area (Å²) >= 11 is 0. The van der Waals surface area contributed by atoms with E-state index in [9.17, 15) is 9.59 Å². The zero-order valence-electron chi connectivity index (χ0n) is 14.2. The molecule has 2 rings (SSSR count). The number of carbonyl (C=O) groups is 2. The normalized spacial score (nSPS) is 10.9. The molecule has 2 amide bonds. The summed E-state index contributed by atoms with van der Waals surface area (Å²) < 4.78 is 0. The number of hydrogen-bond donors (Lipinski definition) is 2. The molecule has 0 heterocycles. The Morgan fingerprint density at radius 2 is 1.38 bits per heavy atom. The van der Waals surface area contributed by atoms with Crippen LogP contribution >= 0.6 is 0 Å². The predicted molar refractivity (Wildman–Crippen MR) is 95.9 cm³/mol. The van der Waals surface area contributed by atoms with Crippen molar-refractivity contribution in [3.05, 3.63) is 71.8 Å². The molecule has 2 N–H and O–H groups in total. The first-order valence-electron chi connectivity index (χ1n) is 8.14. The lowest BCUT2D eigenvalue weighted by molar-refractivity contribution is -0.122. The van der Waals surface area contributed by atoms with Crippen molar-refractivity contribution in [2.45, 2.75) is 25.7 Å². The van der Waals surface area contributed by atoms with E-state index in [0.717, 1.165) is 5.56 Å². The second-order valence-electron chi connectivity index (χ2n) is 6.40. The highest BCUT2D eigenvalue weighted by molar-refractivity contribution is 5.94. The van der Waals surface area contributed by atoms with Gasteiger partial charge in [0.05, 0.1) is 0 Å². The Bertz CT molecular complexity index is 667. The van der Waals surface area contributed by atoms with Crippen molar-refractivity contribution < 1.29 is 9.59 Å². The van der Waals surface area contributed by atoms with E-state index in [1.54, 1.807) is 12.1 Å². The lowest BCUT2D eigenvalue weighted by atomic mass is 9.81. The topological polar surface area (TPSA) is 58.2 Å². The molecule has 0 aliphatic rings. The van der Waals surface area contributed by atoms with E-state index < -0.39 is 0 Å². The fourth-order valence-electron chi connectivity index (χ4n) is 2.52. The zero-order valence-corrected chi connectivity index (χ0v) is 14.2. The van der Waals surface area contributed by atoms with Gasteiger partial charge in [-0.15, -0.1) is 0 Å². The molecule has 0 aliphatic heterocycles. The molecule has 0 aliphatic carbocycles. The standard InChI is InChI=1S/C20H24N2O2/c1-20(2,17-11-7-4-8-12-17)15-18(23)21-13-14-22-19(24)16-9-5-3-6-10-16/h3-12H,13-15H2,1-2H3,(H,21,23)(H,22,24). The van der Waals surface area contributed by atoms with Crippen LogP contribution in [0.3, 0.4) is 0 Å². The smallest absolute Gasteiger partial charge is 0.251 e. The number of rotatable bonds is 7. The Balaban J connectivity index is 1.73. The highest BCUT2D eigenvalue weighted by Gasteiger charge is 2.23. The van der Waals surface area contributed by atoms with Crippen LogP contribution in [0.25, 0.3) is 0 Å². The van der Waals surface area contributed by atoms with Crippen LogP contribution in [0.1, 0.15) is 36.2 Å². The molecule has 4 heteroatoms. The number of carbonyl (C=O) groups excluding carboxylic acids is 2. The third-order valence-corrected chi connectivity index (χ3v) is 3.93. The molecule has 0 unspecified atom stereocenters. The van der Waals surface area contributed by atoms with Gasteiger partial charge in [0.1, 0.15) is 0 Å². The number of hydrogen-bond acceptors (Lipinski definition) is 2. The van der Waals surface area contributed by atoms with Gasteiger partial charge < -0.3 is 10.6 Å². The molecular weight excluding hydrogens is 300 g/mol. The van der Waals surface area contributed by atoms with Crippen molar-refractivity contribution in [2.75, 3.05) is 13.1 Å². The van der Waals surface area contributed by atoms with Crippen LogP contribution in [-0.2, 0) is 10.2 Å². The molecule has 2 aromatic carbocycles. The average molecular weight is 324 g/mol. The second-order valence-corrected chi connectivity index (χ2v) is 6.40. The highest BCUT2D eigenvalue weighted by Crippen LogP contribution is 2.26. The van der Waals surface area contributed by atoms with Crippen molar-refractivity contribution in [1.29, 1.82) is 0 Å². The van der Waals surface area contributed by atoms with Gasteiger partial charge in [-0.2, -0.15) is 0 Å². The molecule has 0 fully saturated rings. The summed E-state index contributed by atoms with van der Waals surface area (Å²) in [5, 5.41) is 5.66. The Labute approximate surface area is 143 Å². The molecule has 2 aromatic rings. The van der Waals surface area contributed by atoms with Crippen LogP contribution in [0.2, 0.25) is 0 Å². The summed E-state index contributed by atoms with van der Waals surface area (Å²) in [6, 6.07) is 19.0. The van der Waals surface area contributed by atoms with Gasteiger partial charge in [0.2, 0.25) is 5.91 Å². The quantitative estimate of drug-likeness (QED) is 0.769. The summed E-state index contributed by atoms with van der Waals surface area (Å²) in [7, 11) is 0. The van der Waals surface area contributed by atoms with Gasteiger partial charge in [0.15, 0.2) is 0 Å². The first kappa shape index (κ1) is 17.7. The highest BCUT2D eigenvalue weighted by atomic mass is 16.2. The van der Waals surface area contributed by atoms with E-state index in [2.05, 4.69) is 24.5 Å².